The highest BCUT2D eigenvalue weighted by Gasteiger charge is 2.17. The number of carbonyl (C=O) groups excluding carboxylic acids is 2. The van der Waals surface area contributed by atoms with E-state index >= 15 is 0 Å². The normalized spacial score (nSPS) is 10.8. The highest BCUT2D eigenvalue weighted by molar-refractivity contribution is 7.99. The van der Waals surface area contributed by atoms with Crippen molar-refractivity contribution in [1.82, 2.24) is 20.2 Å². The molecule has 2 aromatic heterocycles. The Morgan fingerprint density at radius 3 is 2.70 bits per heavy atom. The topological polar surface area (TPSA) is 93.1 Å². The number of allylic oxidation sites excluding steroid dienone is 1. The maximum Gasteiger partial charge on any atom is 0.263 e. The Hall–Kier alpha value is -2.13. The summed E-state index contributed by atoms with van der Waals surface area (Å²) in [7, 11) is 0. The molecule has 7 nitrogen and oxygen atoms in total. The third-order valence-corrected chi connectivity index (χ3v) is 5.99. The van der Waals surface area contributed by atoms with Gasteiger partial charge in [0.1, 0.15) is 4.83 Å². The van der Waals surface area contributed by atoms with E-state index in [4.69, 9.17) is 0 Å². The van der Waals surface area contributed by atoms with E-state index in [2.05, 4.69) is 22.2 Å². The van der Waals surface area contributed by atoms with Crippen molar-refractivity contribution >= 4 is 45.1 Å². The molecule has 0 aromatic carbocycles. The Labute approximate surface area is 166 Å². The molecule has 0 bridgehead atoms. The fourth-order valence-electron chi connectivity index (χ4n) is 2.40. The number of nitrogens with zero attached hydrogens (tertiary/aromatic N) is 2. The SMILES string of the molecule is C=CCn1c(SCC(=O)NCC(=O)NCCC)nc2sc(C)c(C)c2c1=O. The van der Waals surface area contributed by atoms with Gasteiger partial charge in [-0.05, 0) is 25.8 Å². The molecule has 2 amide bonds. The molecule has 27 heavy (non-hydrogen) atoms. The second kappa shape index (κ2) is 9.70. The Balaban J connectivity index is 2.12. The monoisotopic (exact) mass is 408 g/mol. The van der Waals surface area contributed by atoms with E-state index in [9.17, 15) is 14.4 Å². The number of aromatic nitrogens is 2. The Morgan fingerprint density at radius 2 is 2.04 bits per heavy atom. The van der Waals surface area contributed by atoms with Crippen LogP contribution in [0.25, 0.3) is 10.2 Å². The first-order valence-corrected chi connectivity index (χ1v) is 10.5. The molecule has 0 spiro atoms. The first kappa shape index (κ1) is 21.2. The minimum absolute atomic E-state index is 0.0609. The number of carbonyl (C=O) groups is 2. The molecule has 2 heterocycles. The molecule has 0 aliphatic carbocycles. The minimum Gasteiger partial charge on any atom is -0.355 e. The average molecular weight is 409 g/mol. The van der Waals surface area contributed by atoms with Crippen molar-refractivity contribution in [3.8, 4) is 0 Å². The zero-order chi connectivity index (χ0) is 20.0. The number of rotatable bonds is 9. The molecule has 9 heteroatoms. The van der Waals surface area contributed by atoms with E-state index in [1.807, 2.05) is 20.8 Å². The van der Waals surface area contributed by atoms with Gasteiger partial charge >= 0.3 is 0 Å². The summed E-state index contributed by atoms with van der Waals surface area (Å²) >= 11 is 2.65. The van der Waals surface area contributed by atoms with Crippen molar-refractivity contribution in [3.63, 3.8) is 0 Å². The summed E-state index contributed by atoms with van der Waals surface area (Å²) in [6.45, 7) is 10.4. The number of fused-ring (bicyclic) bond motifs is 1. The van der Waals surface area contributed by atoms with Gasteiger partial charge in [-0.25, -0.2) is 4.98 Å². The van der Waals surface area contributed by atoms with Crippen molar-refractivity contribution < 1.29 is 9.59 Å². The summed E-state index contributed by atoms with van der Waals surface area (Å²) in [5.74, 6) is -0.438. The number of hydrogen-bond acceptors (Lipinski definition) is 6. The predicted molar refractivity (Wildman–Crippen MR) is 111 cm³/mol. The van der Waals surface area contributed by atoms with E-state index in [0.717, 1.165) is 16.9 Å². The quantitative estimate of drug-likeness (QED) is 0.376. The van der Waals surface area contributed by atoms with Crippen LogP contribution in [-0.4, -0.2) is 40.2 Å². The third-order valence-electron chi connectivity index (χ3n) is 3.92. The van der Waals surface area contributed by atoms with Gasteiger partial charge in [0, 0.05) is 18.0 Å². The van der Waals surface area contributed by atoms with E-state index in [-0.39, 0.29) is 29.7 Å². The summed E-state index contributed by atoms with van der Waals surface area (Å²) in [4.78, 5) is 42.7. The Kier molecular flexibility index (Phi) is 7.61. The van der Waals surface area contributed by atoms with Crippen LogP contribution in [0.5, 0.6) is 0 Å². The molecule has 0 atom stereocenters. The lowest BCUT2D eigenvalue weighted by atomic mass is 10.2. The summed E-state index contributed by atoms with van der Waals surface area (Å²) in [6, 6.07) is 0. The number of thiophene rings is 1. The van der Waals surface area contributed by atoms with Gasteiger partial charge in [-0.2, -0.15) is 0 Å². The van der Waals surface area contributed by atoms with Crippen LogP contribution in [0.2, 0.25) is 0 Å². The lowest BCUT2D eigenvalue weighted by Crippen LogP contribution is -2.38. The van der Waals surface area contributed by atoms with Gasteiger partial charge in [-0.1, -0.05) is 24.8 Å². The molecular weight excluding hydrogens is 384 g/mol. The number of nitrogens with one attached hydrogen (secondary N) is 2. The molecule has 146 valence electrons. The van der Waals surface area contributed by atoms with Crippen LogP contribution in [-0.2, 0) is 16.1 Å². The van der Waals surface area contributed by atoms with Gasteiger partial charge in [0.05, 0.1) is 17.7 Å². The summed E-state index contributed by atoms with van der Waals surface area (Å²) in [5.41, 5.74) is 0.821. The smallest absolute Gasteiger partial charge is 0.263 e. The van der Waals surface area contributed by atoms with Crippen LogP contribution in [0.1, 0.15) is 23.8 Å². The average Bonchev–Trinajstić information content (AvgIpc) is 2.93. The number of thioether (sulfide) groups is 1. The maximum absolute atomic E-state index is 12.8. The zero-order valence-corrected chi connectivity index (χ0v) is 17.4. The highest BCUT2D eigenvalue weighted by Crippen LogP contribution is 2.28. The van der Waals surface area contributed by atoms with Crippen molar-refractivity contribution in [3.05, 3.63) is 33.4 Å². The first-order valence-electron chi connectivity index (χ1n) is 8.66. The molecule has 2 N–H and O–H groups in total. The van der Waals surface area contributed by atoms with Crippen LogP contribution in [0.4, 0.5) is 0 Å². The summed E-state index contributed by atoms with van der Waals surface area (Å²) in [5, 5.41) is 6.37. The Bertz CT molecular complexity index is 917. The molecule has 2 rings (SSSR count). The first-order chi connectivity index (χ1) is 12.9. The van der Waals surface area contributed by atoms with Gasteiger partial charge in [0.25, 0.3) is 5.56 Å². The predicted octanol–water partition coefficient (Wildman–Crippen LogP) is 2.00. The number of aryl methyl sites for hydroxylation is 2. The van der Waals surface area contributed by atoms with E-state index in [1.165, 1.54) is 27.7 Å². The molecule has 0 aliphatic rings. The molecule has 0 saturated heterocycles. The van der Waals surface area contributed by atoms with Crippen LogP contribution in [0.3, 0.4) is 0 Å². The second-order valence-electron chi connectivity index (χ2n) is 5.98. The maximum atomic E-state index is 12.8. The standard InChI is InChI=1S/C18H24N4O3S2/c1-5-7-19-13(23)9-20-14(24)10-26-18-21-16-15(11(3)12(4)27-16)17(25)22(18)8-6-2/h6H,2,5,7-10H2,1,3-4H3,(H,19,23)(H,20,24). The van der Waals surface area contributed by atoms with E-state index < -0.39 is 0 Å². The summed E-state index contributed by atoms with van der Waals surface area (Å²) in [6.07, 6.45) is 2.47. The van der Waals surface area contributed by atoms with Crippen LogP contribution in [0.15, 0.2) is 22.6 Å². The van der Waals surface area contributed by atoms with Crippen molar-refractivity contribution in [2.75, 3.05) is 18.8 Å². The lowest BCUT2D eigenvalue weighted by Gasteiger charge is -2.10. The van der Waals surface area contributed by atoms with Crippen molar-refractivity contribution in [2.24, 2.45) is 0 Å². The lowest BCUT2D eigenvalue weighted by molar-refractivity contribution is -0.124. The number of amides is 2. The largest absolute Gasteiger partial charge is 0.355 e. The van der Waals surface area contributed by atoms with Gasteiger partial charge in [-0.3, -0.25) is 19.0 Å². The minimum atomic E-state index is -0.287. The van der Waals surface area contributed by atoms with Gasteiger partial charge in [-0.15, -0.1) is 17.9 Å². The zero-order valence-electron chi connectivity index (χ0n) is 15.8. The summed E-state index contributed by atoms with van der Waals surface area (Å²) < 4.78 is 1.53. The fraction of sp³-hybridized carbons (Fsp3) is 0.444. The third kappa shape index (κ3) is 5.20. The molecule has 0 aliphatic heterocycles. The van der Waals surface area contributed by atoms with Gasteiger partial charge in [0.15, 0.2) is 5.16 Å². The van der Waals surface area contributed by atoms with Crippen molar-refractivity contribution in [2.45, 2.75) is 38.9 Å². The Morgan fingerprint density at radius 1 is 1.30 bits per heavy atom. The van der Waals surface area contributed by atoms with Crippen LogP contribution >= 0.6 is 23.1 Å². The highest BCUT2D eigenvalue weighted by atomic mass is 32.2. The van der Waals surface area contributed by atoms with Crippen LogP contribution < -0.4 is 16.2 Å². The molecule has 0 unspecified atom stereocenters. The van der Waals surface area contributed by atoms with Gasteiger partial charge in [0.2, 0.25) is 11.8 Å². The fourth-order valence-corrected chi connectivity index (χ4v) is 4.30. The second-order valence-corrected chi connectivity index (χ2v) is 8.12. The molecule has 0 saturated carbocycles. The molecular formula is C18H24N4O3S2. The van der Waals surface area contributed by atoms with Crippen LogP contribution in [0, 0.1) is 13.8 Å². The number of hydrogen-bond donors (Lipinski definition) is 2. The van der Waals surface area contributed by atoms with E-state index in [0.29, 0.717) is 28.5 Å². The van der Waals surface area contributed by atoms with Crippen molar-refractivity contribution in [1.29, 1.82) is 0 Å². The van der Waals surface area contributed by atoms with Gasteiger partial charge < -0.3 is 10.6 Å². The van der Waals surface area contributed by atoms with E-state index in [1.54, 1.807) is 6.08 Å². The molecule has 0 fully saturated rings. The molecule has 0 radical (unpaired) electrons. The molecule has 2 aromatic rings.